The summed E-state index contributed by atoms with van der Waals surface area (Å²) in [5.74, 6) is 1.03. The minimum atomic E-state index is -0.206. The molecule has 1 N–H and O–H groups in total. The molecule has 0 saturated heterocycles. The fourth-order valence-corrected chi connectivity index (χ4v) is 2.28. The van der Waals surface area contributed by atoms with Crippen LogP contribution in [-0.2, 0) is 0 Å². The van der Waals surface area contributed by atoms with Crippen molar-refractivity contribution in [3.05, 3.63) is 52.1 Å². The van der Waals surface area contributed by atoms with Gasteiger partial charge in [-0.15, -0.1) is 0 Å². The van der Waals surface area contributed by atoms with Gasteiger partial charge in [0.15, 0.2) is 0 Å². The number of benzene rings is 1. The largest absolute Gasteiger partial charge is 0.491 e. The molecule has 1 aromatic heterocycles. The predicted octanol–water partition coefficient (Wildman–Crippen LogP) is 4.19. The van der Waals surface area contributed by atoms with E-state index in [1.54, 1.807) is 24.4 Å². The molecule has 0 spiro atoms. The lowest BCUT2D eigenvalue weighted by atomic mass is 10.2. The molecule has 4 nitrogen and oxygen atoms in total. The molecule has 0 fully saturated rings. The zero-order valence-corrected chi connectivity index (χ0v) is 13.8. The maximum atomic E-state index is 12.3. The van der Waals surface area contributed by atoms with Crippen LogP contribution in [0.15, 0.2) is 41.0 Å². The number of amides is 1. The first-order valence-corrected chi connectivity index (χ1v) is 7.45. The molecule has 0 radical (unpaired) electrons. The van der Waals surface area contributed by atoms with Crippen molar-refractivity contribution in [1.82, 2.24) is 4.98 Å². The number of nitrogens with one attached hydrogen (secondary N) is 1. The third-order valence-corrected chi connectivity index (χ3v) is 3.18. The van der Waals surface area contributed by atoms with Crippen molar-refractivity contribution in [2.45, 2.75) is 26.9 Å². The molecule has 5 heteroatoms. The van der Waals surface area contributed by atoms with Gasteiger partial charge in [0.2, 0.25) is 0 Å². The molecule has 0 bridgehead atoms. The van der Waals surface area contributed by atoms with Crippen LogP contribution in [0.5, 0.6) is 5.75 Å². The highest BCUT2D eigenvalue weighted by atomic mass is 79.9. The molecule has 2 aromatic rings. The lowest BCUT2D eigenvalue weighted by Gasteiger charge is -2.11. The maximum absolute atomic E-state index is 12.3. The van der Waals surface area contributed by atoms with Gasteiger partial charge in [-0.1, -0.05) is 6.07 Å². The monoisotopic (exact) mass is 348 g/mol. The van der Waals surface area contributed by atoms with Crippen molar-refractivity contribution in [3.63, 3.8) is 0 Å². The Morgan fingerprint density at radius 3 is 2.76 bits per heavy atom. The van der Waals surface area contributed by atoms with E-state index in [1.165, 1.54) is 0 Å². The van der Waals surface area contributed by atoms with Crippen LogP contribution < -0.4 is 10.1 Å². The molecule has 0 aliphatic rings. The zero-order valence-electron chi connectivity index (χ0n) is 12.2. The normalized spacial score (nSPS) is 10.5. The molecule has 1 amide bonds. The second-order valence-electron chi connectivity index (χ2n) is 4.97. The minimum Gasteiger partial charge on any atom is -0.491 e. The maximum Gasteiger partial charge on any atom is 0.256 e. The van der Waals surface area contributed by atoms with E-state index < -0.39 is 0 Å². The summed E-state index contributed by atoms with van der Waals surface area (Å²) in [6, 6.07) is 9.01. The van der Waals surface area contributed by atoms with Crippen LogP contribution in [-0.4, -0.2) is 17.0 Å². The van der Waals surface area contributed by atoms with Crippen molar-refractivity contribution in [2.24, 2.45) is 0 Å². The molecule has 0 saturated carbocycles. The first kappa shape index (κ1) is 15.5. The minimum absolute atomic E-state index is 0.0682. The summed E-state index contributed by atoms with van der Waals surface area (Å²) in [5.41, 5.74) is 1.43. The average Bonchev–Trinajstić information content (AvgIpc) is 2.41. The lowest BCUT2D eigenvalue weighted by Crippen LogP contribution is -2.14. The molecule has 0 aliphatic carbocycles. The number of nitrogens with zero attached hydrogens (tertiary/aromatic N) is 1. The molecule has 110 valence electrons. The Hall–Kier alpha value is -1.88. The van der Waals surface area contributed by atoms with Crippen molar-refractivity contribution >= 4 is 27.7 Å². The number of hydrogen-bond acceptors (Lipinski definition) is 3. The molecule has 1 aromatic carbocycles. The summed E-state index contributed by atoms with van der Waals surface area (Å²) in [4.78, 5) is 16.5. The number of pyridine rings is 1. The highest BCUT2D eigenvalue weighted by Crippen LogP contribution is 2.19. The van der Waals surface area contributed by atoms with E-state index >= 15 is 0 Å². The predicted molar refractivity (Wildman–Crippen MR) is 86.8 cm³/mol. The van der Waals surface area contributed by atoms with Gasteiger partial charge in [-0.05, 0) is 66.5 Å². The third kappa shape index (κ3) is 4.29. The number of rotatable bonds is 4. The number of ether oxygens (including phenoxy) is 1. The quantitative estimate of drug-likeness (QED) is 0.900. The molecule has 21 heavy (non-hydrogen) atoms. The summed E-state index contributed by atoms with van der Waals surface area (Å²) >= 11 is 3.35. The Balaban J connectivity index is 2.16. The van der Waals surface area contributed by atoms with Crippen LogP contribution in [0.2, 0.25) is 0 Å². The van der Waals surface area contributed by atoms with Crippen molar-refractivity contribution in [2.75, 3.05) is 5.32 Å². The van der Waals surface area contributed by atoms with Crippen LogP contribution in [0.3, 0.4) is 0 Å². The molecule has 0 atom stereocenters. The van der Waals surface area contributed by atoms with Crippen LogP contribution in [0, 0.1) is 6.92 Å². The third-order valence-electron chi connectivity index (χ3n) is 2.74. The molecule has 2 rings (SSSR count). The number of carbonyl (C=O) groups is 1. The topological polar surface area (TPSA) is 51.2 Å². The second-order valence-corrected chi connectivity index (χ2v) is 5.88. The Morgan fingerprint density at radius 2 is 2.10 bits per heavy atom. The van der Waals surface area contributed by atoms with Crippen LogP contribution in [0.1, 0.15) is 29.8 Å². The Morgan fingerprint density at radius 1 is 1.33 bits per heavy atom. The van der Waals surface area contributed by atoms with Crippen LogP contribution in [0.4, 0.5) is 5.82 Å². The number of aromatic nitrogens is 1. The van der Waals surface area contributed by atoms with Crippen molar-refractivity contribution in [3.8, 4) is 5.75 Å². The van der Waals surface area contributed by atoms with Gasteiger partial charge in [-0.2, -0.15) is 0 Å². The fraction of sp³-hybridized carbons (Fsp3) is 0.250. The van der Waals surface area contributed by atoms with E-state index in [-0.39, 0.29) is 12.0 Å². The van der Waals surface area contributed by atoms with Gasteiger partial charge >= 0.3 is 0 Å². The van der Waals surface area contributed by atoms with Gasteiger partial charge in [0, 0.05) is 16.2 Å². The Bertz CT molecular complexity index is 656. The fourth-order valence-electron chi connectivity index (χ4n) is 1.83. The number of carbonyl (C=O) groups excluding carboxylic acids is 1. The van der Waals surface area contributed by atoms with Gasteiger partial charge < -0.3 is 10.1 Å². The van der Waals surface area contributed by atoms with Crippen LogP contribution >= 0.6 is 15.9 Å². The zero-order chi connectivity index (χ0) is 15.4. The number of aryl methyl sites for hydroxylation is 1. The SMILES string of the molecule is Cc1cc(Br)cnc1NC(=O)c1cccc(OC(C)C)c1. The van der Waals surface area contributed by atoms with Gasteiger partial charge in [-0.25, -0.2) is 4.98 Å². The van der Waals surface area contributed by atoms with Gasteiger partial charge in [-0.3, -0.25) is 4.79 Å². The van der Waals surface area contributed by atoms with E-state index in [2.05, 4.69) is 26.2 Å². The average molecular weight is 349 g/mol. The number of hydrogen-bond donors (Lipinski definition) is 1. The molecule has 0 aliphatic heterocycles. The highest BCUT2D eigenvalue weighted by molar-refractivity contribution is 9.10. The molecule has 1 heterocycles. The first-order chi connectivity index (χ1) is 9.95. The van der Waals surface area contributed by atoms with E-state index in [4.69, 9.17) is 4.74 Å². The summed E-state index contributed by atoms with van der Waals surface area (Å²) in [6.07, 6.45) is 1.72. The molecule has 0 unspecified atom stereocenters. The number of anilines is 1. The van der Waals surface area contributed by atoms with Crippen molar-refractivity contribution in [1.29, 1.82) is 0 Å². The Kier molecular flexibility index (Phi) is 4.96. The van der Waals surface area contributed by atoms with Gasteiger partial charge in [0.1, 0.15) is 11.6 Å². The molecular formula is C16H17BrN2O2. The van der Waals surface area contributed by atoms with Crippen LogP contribution in [0.25, 0.3) is 0 Å². The van der Waals surface area contributed by atoms with Gasteiger partial charge in [0.05, 0.1) is 6.10 Å². The first-order valence-electron chi connectivity index (χ1n) is 6.66. The van der Waals surface area contributed by atoms with E-state index in [0.717, 1.165) is 10.0 Å². The smallest absolute Gasteiger partial charge is 0.256 e. The van der Waals surface area contributed by atoms with Gasteiger partial charge in [0.25, 0.3) is 5.91 Å². The van der Waals surface area contributed by atoms with Crippen molar-refractivity contribution < 1.29 is 9.53 Å². The second kappa shape index (κ2) is 6.72. The summed E-state index contributed by atoms with van der Waals surface area (Å²) < 4.78 is 6.47. The highest BCUT2D eigenvalue weighted by Gasteiger charge is 2.10. The van der Waals surface area contributed by atoms with E-state index in [1.807, 2.05) is 32.9 Å². The standard InChI is InChI=1S/C16H17BrN2O2/c1-10(2)21-14-6-4-5-12(8-14)16(20)19-15-11(3)7-13(17)9-18-15/h4-10H,1-3H3,(H,18,19,20). The summed E-state index contributed by atoms with van der Waals surface area (Å²) in [5, 5.41) is 2.81. The summed E-state index contributed by atoms with van der Waals surface area (Å²) in [7, 11) is 0. The number of halogens is 1. The lowest BCUT2D eigenvalue weighted by molar-refractivity contribution is 0.102. The molecular weight excluding hydrogens is 332 g/mol. The summed E-state index contributed by atoms with van der Waals surface area (Å²) in [6.45, 7) is 5.79. The van der Waals surface area contributed by atoms with E-state index in [0.29, 0.717) is 17.1 Å². The Labute approximate surface area is 132 Å². The van der Waals surface area contributed by atoms with E-state index in [9.17, 15) is 4.79 Å².